The van der Waals surface area contributed by atoms with E-state index in [-0.39, 0.29) is 11.4 Å². The number of aromatic nitrogens is 1. The number of amides is 1. The summed E-state index contributed by atoms with van der Waals surface area (Å²) in [5.74, 6) is 0.572. The lowest BCUT2D eigenvalue weighted by Crippen LogP contribution is -2.59. The largest absolute Gasteiger partial charge is 0.480 e. The van der Waals surface area contributed by atoms with Crippen LogP contribution < -0.4 is 15.8 Å². The van der Waals surface area contributed by atoms with Crippen LogP contribution in [0.1, 0.15) is 43.0 Å². The second kappa shape index (κ2) is 6.22. The highest BCUT2D eigenvalue weighted by atomic mass is 16.5. The third kappa shape index (κ3) is 2.77. The van der Waals surface area contributed by atoms with Crippen LogP contribution in [0.25, 0.3) is 0 Å². The van der Waals surface area contributed by atoms with Crippen molar-refractivity contribution in [3.63, 3.8) is 0 Å². The first-order chi connectivity index (χ1) is 9.63. The minimum atomic E-state index is -0.309. The first-order valence-corrected chi connectivity index (χ1v) is 7.14. The van der Waals surface area contributed by atoms with Gasteiger partial charge in [-0.15, -0.1) is 0 Å². The molecule has 110 valence electrons. The Morgan fingerprint density at radius 1 is 1.60 bits per heavy atom. The molecule has 1 aromatic heterocycles. The smallest absolute Gasteiger partial charge is 0.257 e. The fourth-order valence-electron chi connectivity index (χ4n) is 2.97. The lowest BCUT2D eigenvalue weighted by molar-refractivity contribution is 0.0809. The van der Waals surface area contributed by atoms with E-state index in [9.17, 15) is 4.79 Å². The van der Waals surface area contributed by atoms with E-state index in [1.54, 1.807) is 18.3 Å². The molecule has 2 atom stereocenters. The normalized spacial score (nSPS) is 26.1. The molecule has 1 aromatic rings. The van der Waals surface area contributed by atoms with E-state index in [0.29, 0.717) is 23.9 Å². The number of carbonyl (C=O) groups is 1. The average Bonchev–Trinajstić information content (AvgIpc) is 2.49. The van der Waals surface area contributed by atoms with Crippen LogP contribution in [0.4, 0.5) is 0 Å². The lowest BCUT2D eigenvalue weighted by atomic mass is 9.73. The summed E-state index contributed by atoms with van der Waals surface area (Å²) in [4.78, 5) is 16.6. The summed E-state index contributed by atoms with van der Waals surface area (Å²) in [6.45, 7) is 2.62. The molecule has 2 rings (SSSR count). The van der Waals surface area contributed by atoms with Gasteiger partial charge in [0.15, 0.2) is 0 Å². The maximum atomic E-state index is 12.5. The Morgan fingerprint density at radius 2 is 2.40 bits per heavy atom. The molecule has 0 spiro atoms. The predicted octanol–water partition coefficient (Wildman–Crippen LogP) is 1.73. The molecule has 20 heavy (non-hydrogen) atoms. The zero-order chi connectivity index (χ0) is 14.6. The molecular formula is C15H23N3O2. The number of carbonyl (C=O) groups excluding carboxylic acids is 1. The minimum Gasteiger partial charge on any atom is -0.480 e. The average molecular weight is 277 g/mol. The molecule has 5 nitrogen and oxygen atoms in total. The van der Waals surface area contributed by atoms with Gasteiger partial charge in [0.2, 0.25) is 5.88 Å². The number of pyridine rings is 1. The molecule has 0 saturated heterocycles. The Kier molecular flexibility index (Phi) is 4.60. The molecule has 0 aliphatic heterocycles. The second-order valence-electron chi connectivity index (χ2n) is 5.52. The van der Waals surface area contributed by atoms with E-state index in [1.165, 1.54) is 13.5 Å². The Hall–Kier alpha value is -1.62. The minimum absolute atomic E-state index is 0.158. The van der Waals surface area contributed by atoms with Crippen LogP contribution in [0.15, 0.2) is 18.3 Å². The van der Waals surface area contributed by atoms with Gasteiger partial charge in [-0.25, -0.2) is 4.98 Å². The zero-order valence-electron chi connectivity index (χ0n) is 12.2. The van der Waals surface area contributed by atoms with E-state index in [4.69, 9.17) is 10.5 Å². The van der Waals surface area contributed by atoms with Crippen molar-refractivity contribution >= 4 is 5.91 Å². The van der Waals surface area contributed by atoms with E-state index < -0.39 is 0 Å². The standard InChI is InChI=1S/C15H23N3O2/c1-11-6-3-4-8-15(11,10-16)18-13(19)12-7-5-9-17-14(12)20-2/h5,7,9,11H,3-4,6,8,10,16H2,1-2H3,(H,18,19). The Labute approximate surface area is 119 Å². The van der Waals surface area contributed by atoms with Gasteiger partial charge < -0.3 is 15.8 Å². The monoisotopic (exact) mass is 277 g/mol. The number of hydrogen-bond donors (Lipinski definition) is 2. The number of methoxy groups -OCH3 is 1. The van der Waals surface area contributed by atoms with Crippen LogP contribution >= 0.6 is 0 Å². The van der Waals surface area contributed by atoms with Gasteiger partial charge in [-0.05, 0) is 30.9 Å². The van der Waals surface area contributed by atoms with Gasteiger partial charge in [-0.3, -0.25) is 4.79 Å². The van der Waals surface area contributed by atoms with Gasteiger partial charge >= 0.3 is 0 Å². The summed E-state index contributed by atoms with van der Waals surface area (Å²) in [6.07, 6.45) is 5.94. The van der Waals surface area contributed by atoms with Crippen LogP contribution in [-0.4, -0.2) is 30.1 Å². The fraction of sp³-hybridized carbons (Fsp3) is 0.600. The van der Waals surface area contributed by atoms with E-state index in [1.807, 2.05) is 0 Å². The molecule has 5 heteroatoms. The molecule has 1 saturated carbocycles. The number of rotatable bonds is 4. The Morgan fingerprint density at radius 3 is 3.05 bits per heavy atom. The molecular weight excluding hydrogens is 254 g/mol. The maximum absolute atomic E-state index is 12.5. The summed E-state index contributed by atoms with van der Waals surface area (Å²) in [5.41, 5.74) is 6.11. The van der Waals surface area contributed by atoms with Crippen LogP contribution in [-0.2, 0) is 0 Å². The highest BCUT2D eigenvalue weighted by Gasteiger charge is 2.38. The van der Waals surface area contributed by atoms with Gasteiger partial charge in [-0.1, -0.05) is 19.8 Å². The summed E-state index contributed by atoms with van der Waals surface area (Å²) >= 11 is 0. The number of nitrogens with two attached hydrogens (primary N) is 1. The molecule has 1 aliphatic rings. The molecule has 1 aliphatic carbocycles. The third-order valence-corrected chi connectivity index (χ3v) is 4.39. The first-order valence-electron chi connectivity index (χ1n) is 7.14. The molecule has 3 N–H and O–H groups in total. The van der Waals surface area contributed by atoms with E-state index >= 15 is 0 Å². The van der Waals surface area contributed by atoms with Crippen molar-refractivity contribution in [2.75, 3.05) is 13.7 Å². The van der Waals surface area contributed by atoms with Crippen molar-refractivity contribution < 1.29 is 9.53 Å². The fourth-order valence-corrected chi connectivity index (χ4v) is 2.97. The maximum Gasteiger partial charge on any atom is 0.257 e. The van der Waals surface area contributed by atoms with Crippen LogP contribution in [0.2, 0.25) is 0 Å². The molecule has 1 amide bonds. The van der Waals surface area contributed by atoms with Gasteiger partial charge in [0.25, 0.3) is 5.91 Å². The van der Waals surface area contributed by atoms with Crippen molar-refractivity contribution in [3.8, 4) is 5.88 Å². The highest BCUT2D eigenvalue weighted by molar-refractivity contribution is 5.96. The Bertz CT molecular complexity index is 478. The van der Waals surface area contributed by atoms with Crippen LogP contribution in [0, 0.1) is 5.92 Å². The van der Waals surface area contributed by atoms with Gasteiger partial charge in [-0.2, -0.15) is 0 Å². The van der Waals surface area contributed by atoms with Gasteiger partial charge in [0, 0.05) is 12.7 Å². The SMILES string of the molecule is COc1ncccc1C(=O)NC1(CN)CCCCC1C. The van der Waals surface area contributed by atoms with Crippen molar-refractivity contribution in [2.24, 2.45) is 11.7 Å². The molecule has 1 heterocycles. The quantitative estimate of drug-likeness (QED) is 0.878. The summed E-state index contributed by atoms with van der Waals surface area (Å²) in [6, 6.07) is 3.45. The van der Waals surface area contributed by atoms with Crippen LogP contribution in [0.5, 0.6) is 5.88 Å². The molecule has 0 bridgehead atoms. The van der Waals surface area contributed by atoms with Crippen molar-refractivity contribution in [1.29, 1.82) is 0 Å². The molecule has 2 unspecified atom stereocenters. The van der Waals surface area contributed by atoms with Crippen LogP contribution in [0.3, 0.4) is 0 Å². The number of nitrogens with zero attached hydrogens (tertiary/aromatic N) is 1. The van der Waals surface area contributed by atoms with Gasteiger partial charge in [0.05, 0.1) is 12.6 Å². The summed E-state index contributed by atoms with van der Waals surface area (Å²) < 4.78 is 5.15. The van der Waals surface area contributed by atoms with E-state index in [2.05, 4.69) is 17.2 Å². The third-order valence-electron chi connectivity index (χ3n) is 4.39. The molecule has 1 fully saturated rings. The van der Waals surface area contributed by atoms with E-state index in [0.717, 1.165) is 19.3 Å². The molecule has 0 radical (unpaired) electrons. The first kappa shape index (κ1) is 14.8. The molecule has 0 aromatic carbocycles. The summed E-state index contributed by atoms with van der Waals surface area (Å²) in [7, 11) is 1.51. The number of ether oxygens (including phenoxy) is 1. The Balaban J connectivity index is 2.21. The van der Waals surface area contributed by atoms with Crippen molar-refractivity contribution in [3.05, 3.63) is 23.9 Å². The highest BCUT2D eigenvalue weighted by Crippen LogP contribution is 2.33. The van der Waals surface area contributed by atoms with Gasteiger partial charge in [0.1, 0.15) is 5.56 Å². The number of hydrogen-bond acceptors (Lipinski definition) is 4. The zero-order valence-corrected chi connectivity index (χ0v) is 12.2. The predicted molar refractivity (Wildman–Crippen MR) is 77.7 cm³/mol. The van der Waals surface area contributed by atoms with Crippen molar-refractivity contribution in [2.45, 2.75) is 38.1 Å². The second-order valence-corrected chi connectivity index (χ2v) is 5.52. The summed E-state index contributed by atoms with van der Waals surface area (Å²) in [5, 5.41) is 3.14. The number of nitrogens with one attached hydrogen (secondary N) is 1. The topological polar surface area (TPSA) is 77.2 Å². The van der Waals surface area contributed by atoms with Crippen molar-refractivity contribution in [1.82, 2.24) is 10.3 Å². The lowest BCUT2D eigenvalue weighted by Gasteiger charge is -2.42.